The molecule has 0 fully saturated rings. The van der Waals surface area contributed by atoms with Crippen LogP contribution in [0.5, 0.6) is 5.75 Å². The average Bonchev–Trinajstić information content (AvgIpc) is 3.29. The minimum Gasteiger partial charge on any atom is -0.496 e. The number of aromatic amines is 1. The van der Waals surface area contributed by atoms with Crippen LogP contribution in [0.25, 0.3) is 11.6 Å². The van der Waals surface area contributed by atoms with E-state index in [2.05, 4.69) is 19.9 Å². The number of ether oxygens (including phenoxy) is 1. The number of anilines is 2. The number of hydrogen-bond donors (Lipinski definition) is 3. The monoisotopic (exact) mass is 454 g/mol. The van der Waals surface area contributed by atoms with Crippen molar-refractivity contribution >= 4 is 46.9 Å². The molecular weight excluding hydrogens is 436 g/mol. The van der Waals surface area contributed by atoms with Crippen molar-refractivity contribution in [1.82, 2.24) is 19.9 Å². The molecule has 0 saturated carbocycles. The van der Waals surface area contributed by atoms with E-state index in [4.69, 9.17) is 27.2 Å². The van der Waals surface area contributed by atoms with Gasteiger partial charge in [-0.3, -0.25) is 14.7 Å². The standard InChI is InChI=1S/C21H19ClN6O4/c1-9-7-24-14(10(2)16(9)32-3)8-28-18-15(17(22)26-21(23)27-18)12(19(28)29)6-11-4-5-13(25-11)20(30)31/h4-7,25H,8H2,1-3H3,(H,30,31)(H2,23,26,27)/b12-6+. The molecule has 0 spiro atoms. The summed E-state index contributed by atoms with van der Waals surface area (Å²) in [5.41, 5.74) is 9.01. The van der Waals surface area contributed by atoms with E-state index in [0.29, 0.717) is 22.7 Å². The van der Waals surface area contributed by atoms with Crippen LogP contribution in [0.3, 0.4) is 0 Å². The van der Waals surface area contributed by atoms with Crippen molar-refractivity contribution in [2.75, 3.05) is 17.7 Å². The van der Waals surface area contributed by atoms with Gasteiger partial charge >= 0.3 is 5.97 Å². The number of aromatic carboxylic acids is 1. The highest BCUT2D eigenvalue weighted by Gasteiger charge is 2.37. The molecule has 4 N–H and O–H groups in total. The van der Waals surface area contributed by atoms with Gasteiger partial charge in [0, 0.05) is 23.0 Å². The maximum absolute atomic E-state index is 13.4. The molecule has 32 heavy (non-hydrogen) atoms. The van der Waals surface area contributed by atoms with Crippen molar-refractivity contribution < 1.29 is 19.4 Å². The number of rotatable bonds is 5. The number of carboxylic acid groups (broad SMARTS) is 1. The minimum atomic E-state index is -1.11. The van der Waals surface area contributed by atoms with Gasteiger partial charge < -0.3 is 20.6 Å². The molecule has 3 aromatic heterocycles. The van der Waals surface area contributed by atoms with Crippen molar-refractivity contribution in [2.45, 2.75) is 20.4 Å². The number of amides is 1. The first kappa shape index (κ1) is 21.3. The molecule has 0 bridgehead atoms. The molecule has 0 saturated heterocycles. The van der Waals surface area contributed by atoms with Gasteiger partial charge in [0.05, 0.1) is 30.5 Å². The first-order valence-corrected chi connectivity index (χ1v) is 9.87. The maximum Gasteiger partial charge on any atom is 0.352 e. The minimum absolute atomic E-state index is 0.00870. The number of nitrogens with one attached hydrogen (secondary N) is 1. The molecule has 3 aromatic rings. The largest absolute Gasteiger partial charge is 0.496 e. The fourth-order valence-corrected chi connectivity index (χ4v) is 3.92. The number of H-pyrrole nitrogens is 1. The molecule has 0 unspecified atom stereocenters. The van der Waals surface area contributed by atoms with Crippen LogP contribution in [-0.4, -0.2) is 44.0 Å². The second-order valence-electron chi connectivity index (χ2n) is 7.20. The van der Waals surface area contributed by atoms with Gasteiger partial charge in [-0.25, -0.2) is 9.78 Å². The summed E-state index contributed by atoms with van der Waals surface area (Å²) in [7, 11) is 1.58. The van der Waals surface area contributed by atoms with Crippen LogP contribution in [0, 0.1) is 13.8 Å². The van der Waals surface area contributed by atoms with Crippen molar-refractivity contribution in [1.29, 1.82) is 0 Å². The predicted octanol–water partition coefficient (Wildman–Crippen LogP) is 2.85. The zero-order valence-electron chi connectivity index (χ0n) is 17.4. The lowest BCUT2D eigenvalue weighted by Crippen LogP contribution is -2.27. The fourth-order valence-electron chi connectivity index (χ4n) is 3.65. The van der Waals surface area contributed by atoms with Crippen LogP contribution in [0.1, 0.15) is 38.6 Å². The van der Waals surface area contributed by atoms with Gasteiger partial charge in [-0.1, -0.05) is 11.6 Å². The van der Waals surface area contributed by atoms with Gasteiger partial charge in [-0.2, -0.15) is 4.98 Å². The summed E-state index contributed by atoms with van der Waals surface area (Å²) in [6, 6.07) is 2.95. The number of aromatic nitrogens is 4. The van der Waals surface area contributed by atoms with Crippen LogP contribution in [0.4, 0.5) is 11.8 Å². The molecule has 1 aliphatic heterocycles. The number of carbonyl (C=O) groups excluding carboxylic acids is 1. The van der Waals surface area contributed by atoms with Crippen LogP contribution >= 0.6 is 11.6 Å². The molecule has 0 atom stereocenters. The second-order valence-corrected chi connectivity index (χ2v) is 7.56. The molecule has 1 amide bonds. The quantitative estimate of drug-likeness (QED) is 0.393. The highest BCUT2D eigenvalue weighted by atomic mass is 35.5. The molecular formula is C21H19ClN6O4. The summed E-state index contributed by atoms with van der Waals surface area (Å²) in [5.74, 6) is -0.644. The van der Waals surface area contributed by atoms with Gasteiger partial charge in [0.25, 0.3) is 5.91 Å². The number of halogens is 1. The van der Waals surface area contributed by atoms with E-state index in [1.165, 1.54) is 17.0 Å². The molecule has 0 radical (unpaired) electrons. The Labute approximate surface area is 187 Å². The molecule has 11 heteroatoms. The van der Waals surface area contributed by atoms with Crippen molar-refractivity contribution in [2.24, 2.45) is 0 Å². The summed E-state index contributed by atoms with van der Waals surface area (Å²) in [6.07, 6.45) is 3.18. The smallest absolute Gasteiger partial charge is 0.352 e. The zero-order valence-corrected chi connectivity index (χ0v) is 18.2. The van der Waals surface area contributed by atoms with E-state index < -0.39 is 11.9 Å². The molecule has 0 aliphatic carbocycles. The maximum atomic E-state index is 13.4. The lowest BCUT2D eigenvalue weighted by Gasteiger charge is -2.19. The molecule has 10 nitrogen and oxygen atoms in total. The van der Waals surface area contributed by atoms with Crippen LogP contribution in [0.2, 0.25) is 5.15 Å². The van der Waals surface area contributed by atoms with Crippen molar-refractivity contribution in [3.63, 3.8) is 0 Å². The van der Waals surface area contributed by atoms with Gasteiger partial charge in [-0.05, 0) is 32.1 Å². The highest BCUT2D eigenvalue weighted by molar-refractivity contribution is 6.41. The third-order valence-corrected chi connectivity index (χ3v) is 5.43. The highest BCUT2D eigenvalue weighted by Crippen LogP contribution is 2.41. The molecule has 164 valence electrons. The van der Waals surface area contributed by atoms with Crippen molar-refractivity contribution in [3.05, 3.63) is 57.3 Å². The Balaban J connectivity index is 1.81. The molecule has 0 aromatic carbocycles. The molecule has 1 aliphatic rings. The van der Waals surface area contributed by atoms with Gasteiger partial charge in [0.15, 0.2) is 5.82 Å². The summed E-state index contributed by atoms with van der Waals surface area (Å²) >= 11 is 6.33. The lowest BCUT2D eigenvalue weighted by atomic mass is 10.1. The van der Waals surface area contributed by atoms with Crippen LogP contribution < -0.4 is 15.4 Å². The van der Waals surface area contributed by atoms with E-state index in [1.807, 2.05) is 13.8 Å². The first-order chi connectivity index (χ1) is 15.2. The second kappa shape index (κ2) is 7.97. The number of carbonyl (C=O) groups is 2. The molecule has 4 heterocycles. The van der Waals surface area contributed by atoms with Gasteiger partial charge in [0.1, 0.15) is 16.6 Å². The Morgan fingerprint density at radius 3 is 2.75 bits per heavy atom. The van der Waals surface area contributed by atoms with Gasteiger partial charge in [0.2, 0.25) is 5.95 Å². The van der Waals surface area contributed by atoms with E-state index >= 15 is 0 Å². The van der Waals surface area contributed by atoms with E-state index in [1.54, 1.807) is 19.4 Å². The van der Waals surface area contributed by atoms with Crippen molar-refractivity contribution in [3.8, 4) is 5.75 Å². The normalized spacial score (nSPS) is 14.2. The summed E-state index contributed by atoms with van der Waals surface area (Å²) in [6.45, 7) is 3.85. The zero-order chi connectivity index (χ0) is 23.2. The number of nitrogen functional groups attached to an aromatic ring is 1. The summed E-state index contributed by atoms with van der Waals surface area (Å²) in [4.78, 5) is 41.4. The van der Waals surface area contributed by atoms with Crippen LogP contribution in [0.15, 0.2) is 18.3 Å². The summed E-state index contributed by atoms with van der Waals surface area (Å²) in [5, 5.41) is 9.16. The molecule has 4 rings (SSSR count). The Morgan fingerprint density at radius 1 is 1.34 bits per heavy atom. The Bertz CT molecular complexity index is 1300. The topological polar surface area (TPSA) is 147 Å². The number of aryl methyl sites for hydroxylation is 1. The number of nitrogens with zero attached hydrogens (tertiary/aromatic N) is 4. The van der Waals surface area contributed by atoms with E-state index in [0.717, 1.165) is 11.1 Å². The van der Waals surface area contributed by atoms with Crippen LogP contribution in [-0.2, 0) is 11.3 Å². The third kappa shape index (κ3) is 3.54. The first-order valence-electron chi connectivity index (χ1n) is 9.49. The summed E-state index contributed by atoms with van der Waals surface area (Å²) < 4.78 is 5.46. The SMILES string of the molecule is COc1c(C)cnc(CN2C(=O)/C(=C/c3ccc(C(=O)O)[nH]3)c3c(Cl)nc(N)nc32)c1C. The Kier molecular flexibility index (Phi) is 5.31. The third-order valence-electron chi connectivity index (χ3n) is 5.16. The Hall–Kier alpha value is -3.92. The number of nitrogens with two attached hydrogens (primary N) is 1. The Morgan fingerprint density at radius 2 is 2.09 bits per heavy atom. The number of hydrogen-bond acceptors (Lipinski definition) is 7. The van der Waals surface area contributed by atoms with E-state index in [-0.39, 0.29) is 34.7 Å². The van der Waals surface area contributed by atoms with E-state index in [9.17, 15) is 9.59 Å². The number of fused-ring (bicyclic) bond motifs is 1. The average molecular weight is 455 g/mol. The predicted molar refractivity (Wildman–Crippen MR) is 119 cm³/mol. The fraction of sp³-hybridized carbons (Fsp3) is 0.190. The van der Waals surface area contributed by atoms with Gasteiger partial charge in [-0.15, -0.1) is 0 Å². The lowest BCUT2D eigenvalue weighted by molar-refractivity contribution is -0.113. The number of pyridine rings is 1. The number of carboxylic acids is 1. The number of methoxy groups -OCH3 is 1.